The summed E-state index contributed by atoms with van der Waals surface area (Å²) in [7, 11) is 0. The molecule has 2 unspecified atom stereocenters. The maximum Gasteiger partial charge on any atom is 0.164 e. The van der Waals surface area contributed by atoms with Gasteiger partial charge in [-0.15, -0.1) is 0 Å². The molecule has 15 heavy (non-hydrogen) atoms. The van der Waals surface area contributed by atoms with E-state index in [-0.39, 0.29) is 17.3 Å². The second-order valence-corrected chi connectivity index (χ2v) is 4.90. The van der Waals surface area contributed by atoms with Crippen molar-refractivity contribution in [2.45, 2.75) is 57.2 Å². The second kappa shape index (κ2) is 4.22. The van der Waals surface area contributed by atoms with Crippen molar-refractivity contribution in [1.82, 2.24) is 0 Å². The Morgan fingerprint density at radius 1 is 1.60 bits per heavy atom. The molecule has 86 valence electrons. The van der Waals surface area contributed by atoms with E-state index >= 15 is 0 Å². The molecule has 2 rings (SSSR count). The molecule has 1 saturated heterocycles. The van der Waals surface area contributed by atoms with E-state index in [1.165, 1.54) is 6.42 Å². The lowest BCUT2D eigenvalue weighted by molar-refractivity contribution is -0.160. The zero-order valence-electron chi connectivity index (χ0n) is 9.37. The molecule has 1 spiro atoms. The Morgan fingerprint density at radius 3 is 2.87 bits per heavy atom. The van der Waals surface area contributed by atoms with E-state index in [9.17, 15) is 9.90 Å². The Bertz CT molecular complexity index is 245. The van der Waals surface area contributed by atoms with E-state index in [0.717, 1.165) is 25.7 Å². The van der Waals surface area contributed by atoms with Gasteiger partial charge in [0.1, 0.15) is 6.10 Å². The molecule has 0 radical (unpaired) electrons. The molecule has 3 heteroatoms. The normalized spacial score (nSPS) is 30.9. The van der Waals surface area contributed by atoms with Crippen LogP contribution in [-0.2, 0) is 9.53 Å². The predicted octanol–water partition coefficient (Wildman–Crippen LogP) is 1.68. The lowest BCUT2D eigenvalue weighted by atomic mass is 9.70. The minimum absolute atomic E-state index is 0.00599. The van der Waals surface area contributed by atoms with E-state index in [4.69, 9.17) is 4.74 Å². The van der Waals surface area contributed by atoms with Gasteiger partial charge in [0.2, 0.25) is 0 Å². The molecular weight excluding hydrogens is 192 g/mol. The van der Waals surface area contributed by atoms with Gasteiger partial charge < -0.3 is 9.84 Å². The van der Waals surface area contributed by atoms with Gasteiger partial charge in [0.05, 0.1) is 5.60 Å². The van der Waals surface area contributed by atoms with Crippen LogP contribution in [0, 0.1) is 5.92 Å². The van der Waals surface area contributed by atoms with Gasteiger partial charge in [-0.3, -0.25) is 4.79 Å². The molecule has 1 N–H and O–H groups in total. The molecule has 1 aliphatic carbocycles. The maximum atomic E-state index is 11.9. The minimum atomic E-state index is -0.759. The van der Waals surface area contributed by atoms with Crippen LogP contribution in [0.3, 0.4) is 0 Å². The van der Waals surface area contributed by atoms with Gasteiger partial charge in [0, 0.05) is 12.5 Å². The Morgan fingerprint density at radius 2 is 2.33 bits per heavy atom. The summed E-state index contributed by atoms with van der Waals surface area (Å²) in [5.41, 5.74) is 0.00599. The summed E-state index contributed by atoms with van der Waals surface area (Å²) in [6.45, 7) is 2.54. The third kappa shape index (κ3) is 2.08. The van der Waals surface area contributed by atoms with Crippen LogP contribution in [0.2, 0.25) is 0 Å². The van der Waals surface area contributed by atoms with Crippen molar-refractivity contribution < 1.29 is 14.6 Å². The molecule has 2 fully saturated rings. The zero-order chi connectivity index (χ0) is 10.9. The Labute approximate surface area is 90.8 Å². The standard InChI is InChI=1S/C12H20O3/c1-2-10(13)11(14)9-4-7-15-12(8-9)5-3-6-12/h9-10,13H,2-8H2,1H3. The van der Waals surface area contributed by atoms with Gasteiger partial charge in [0.15, 0.2) is 5.78 Å². The van der Waals surface area contributed by atoms with Crippen molar-refractivity contribution in [1.29, 1.82) is 0 Å². The molecule has 0 bridgehead atoms. The molecule has 2 atom stereocenters. The smallest absolute Gasteiger partial charge is 0.164 e. The van der Waals surface area contributed by atoms with E-state index in [0.29, 0.717) is 13.0 Å². The lowest BCUT2D eigenvalue weighted by Gasteiger charge is -2.47. The predicted molar refractivity (Wildman–Crippen MR) is 56.6 cm³/mol. The average Bonchev–Trinajstić information content (AvgIpc) is 2.25. The fourth-order valence-electron chi connectivity index (χ4n) is 2.66. The Balaban J connectivity index is 1.95. The van der Waals surface area contributed by atoms with Crippen molar-refractivity contribution in [2.75, 3.05) is 6.61 Å². The van der Waals surface area contributed by atoms with Gasteiger partial charge in [-0.25, -0.2) is 0 Å². The monoisotopic (exact) mass is 212 g/mol. The number of aliphatic hydroxyl groups is 1. The summed E-state index contributed by atoms with van der Waals surface area (Å²) < 4.78 is 5.76. The fraction of sp³-hybridized carbons (Fsp3) is 0.917. The summed E-state index contributed by atoms with van der Waals surface area (Å²) in [5, 5.41) is 9.55. The summed E-state index contributed by atoms with van der Waals surface area (Å²) in [4.78, 5) is 11.9. The number of hydrogen-bond donors (Lipinski definition) is 1. The average molecular weight is 212 g/mol. The van der Waals surface area contributed by atoms with Crippen molar-refractivity contribution in [3.63, 3.8) is 0 Å². The number of carbonyl (C=O) groups is 1. The molecule has 1 heterocycles. The number of ether oxygens (including phenoxy) is 1. The van der Waals surface area contributed by atoms with Gasteiger partial charge in [-0.2, -0.15) is 0 Å². The van der Waals surface area contributed by atoms with E-state index in [1.54, 1.807) is 0 Å². The van der Waals surface area contributed by atoms with Crippen LogP contribution in [-0.4, -0.2) is 29.2 Å². The first-order valence-corrected chi connectivity index (χ1v) is 6.02. The van der Waals surface area contributed by atoms with Crippen LogP contribution in [0.1, 0.15) is 45.4 Å². The van der Waals surface area contributed by atoms with Gasteiger partial charge in [0.25, 0.3) is 0 Å². The van der Waals surface area contributed by atoms with Crippen LogP contribution in [0.25, 0.3) is 0 Å². The SMILES string of the molecule is CCC(O)C(=O)C1CCOC2(CCC2)C1. The molecule has 3 nitrogen and oxygen atoms in total. The third-order valence-corrected chi connectivity index (χ3v) is 3.88. The van der Waals surface area contributed by atoms with Crippen LogP contribution in [0.15, 0.2) is 0 Å². The highest BCUT2D eigenvalue weighted by atomic mass is 16.5. The van der Waals surface area contributed by atoms with Crippen LogP contribution < -0.4 is 0 Å². The number of aliphatic hydroxyl groups excluding tert-OH is 1. The number of rotatable bonds is 3. The summed E-state index contributed by atoms with van der Waals surface area (Å²) in [5.74, 6) is 0.0704. The highest BCUT2D eigenvalue weighted by Gasteiger charge is 2.44. The van der Waals surface area contributed by atoms with E-state index in [1.807, 2.05) is 6.92 Å². The maximum absolute atomic E-state index is 11.9. The number of ketones is 1. The van der Waals surface area contributed by atoms with Gasteiger partial charge in [-0.1, -0.05) is 6.92 Å². The highest BCUT2D eigenvalue weighted by Crippen LogP contribution is 2.44. The molecule has 0 amide bonds. The first-order chi connectivity index (χ1) is 7.17. The fourth-order valence-corrected chi connectivity index (χ4v) is 2.66. The van der Waals surface area contributed by atoms with Crippen molar-refractivity contribution in [3.8, 4) is 0 Å². The summed E-state index contributed by atoms with van der Waals surface area (Å²) in [6, 6.07) is 0. The molecule has 1 aliphatic heterocycles. The minimum Gasteiger partial charge on any atom is -0.385 e. The largest absolute Gasteiger partial charge is 0.385 e. The van der Waals surface area contributed by atoms with Crippen LogP contribution in [0.4, 0.5) is 0 Å². The highest BCUT2D eigenvalue weighted by molar-refractivity contribution is 5.85. The second-order valence-electron chi connectivity index (χ2n) is 4.90. The Kier molecular flexibility index (Phi) is 3.12. The molecule has 0 aromatic carbocycles. The number of carbonyl (C=O) groups excluding carboxylic acids is 1. The molecular formula is C12H20O3. The van der Waals surface area contributed by atoms with Crippen molar-refractivity contribution >= 4 is 5.78 Å². The van der Waals surface area contributed by atoms with Gasteiger partial charge >= 0.3 is 0 Å². The molecule has 1 saturated carbocycles. The number of Topliss-reactive ketones (excluding diaryl/α,β-unsaturated/α-hetero) is 1. The molecule has 0 aromatic heterocycles. The first kappa shape index (κ1) is 11.1. The first-order valence-electron chi connectivity index (χ1n) is 6.02. The van der Waals surface area contributed by atoms with Crippen LogP contribution >= 0.6 is 0 Å². The summed E-state index contributed by atoms with van der Waals surface area (Å²) in [6.07, 6.45) is 4.81. The van der Waals surface area contributed by atoms with E-state index < -0.39 is 6.10 Å². The molecule has 2 aliphatic rings. The van der Waals surface area contributed by atoms with Gasteiger partial charge in [-0.05, 0) is 38.5 Å². The Hall–Kier alpha value is -0.410. The number of hydrogen-bond acceptors (Lipinski definition) is 3. The third-order valence-electron chi connectivity index (χ3n) is 3.88. The quantitative estimate of drug-likeness (QED) is 0.774. The lowest BCUT2D eigenvalue weighted by Crippen LogP contribution is -2.48. The molecule has 0 aromatic rings. The van der Waals surface area contributed by atoms with Crippen LogP contribution in [0.5, 0.6) is 0 Å². The zero-order valence-corrected chi connectivity index (χ0v) is 9.37. The van der Waals surface area contributed by atoms with Crippen molar-refractivity contribution in [3.05, 3.63) is 0 Å². The summed E-state index contributed by atoms with van der Waals surface area (Å²) >= 11 is 0. The topological polar surface area (TPSA) is 46.5 Å². The van der Waals surface area contributed by atoms with E-state index in [2.05, 4.69) is 0 Å². The van der Waals surface area contributed by atoms with Crippen molar-refractivity contribution in [2.24, 2.45) is 5.92 Å².